The average Bonchev–Trinajstić information content (AvgIpc) is 2.92. The van der Waals surface area contributed by atoms with E-state index < -0.39 is 10.1 Å². The molecule has 0 aliphatic heterocycles. The first-order chi connectivity index (χ1) is 21.0. The summed E-state index contributed by atoms with van der Waals surface area (Å²) in [6.45, 7) is 2.45. The van der Waals surface area contributed by atoms with E-state index in [9.17, 15) is 0 Å². The van der Waals surface area contributed by atoms with Gasteiger partial charge in [0.2, 0.25) is 0 Å². The topological polar surface area (TPSA) is 83.2 Å². The van der Waals surface area contributed by atoms with Gasteiger partial charge in [-0.3, -0.25) is 0 Å². The van der Waals surface area contributed by atoms with Crippen molar-refractivity contribution in [1.29, 1.82) is 0 Å². The van der Waals surface area contributed by atoms with Gasteiger partial charge in [0, 0.05) is 6.26 Å². The maximum atomic E-state index is 9.08. The van der Waals surface area contributed by atoms with Crippen LogP contribution in [0.25, 0.3) is 11.1 Å². The molecular weight excluding hydrogens is 676 g/mol. The van der Waals surface area contributed by atoms with Gasteiger partial charge < -0.3 is 4.55 Å². The summed E-state index contributed by atoms with van der Waals surface area (Å²) in [5, 5.41) is 1.76. The van der Waals surface area contributed by atoms with E-state index in [2.05, 4.69) is 32.2 Å². The molecule has 8 fully saturated rings. The van der Waals surface area contributed by atoms with E-state index in [0.717, 1.165) is 66.7 Å². The van der Waals surface area contributed by atoms with Gasteiger partial charge in [-0.15, -0.1) is 0 Å². The fraction of sp³-hybridized carbons (Fsp3) is 0.676. The first-order valence-electron chi connectivity index (χ1n) is 17.2. The van der Waals surface area contributed by atoms with Crippen LogP contribution in [0.4, 0.5) is 5.69 Å². The fourth-order valence-corrected chi connectivity index (χ4v) is 17.4. The second-order valence-corrected chi connectivity index (χ2v) is 21.0. The van der Waals surface area contributed by atoms with E-state index in [0.29, 0.717) is 6.26 Å². The minimum atomic E-state index is -3.92. The summed E-state index contributed by atoms with van der Waals surface area (Å²) < 4.78 is 28.3. The van der Waals surface area contributed by atoms with Gasteiger partial charge in [-0.1, -0.05) is 21.3 Å². The van der Waals surface area contributed by atoms with Crippen molar-refractivity contribution in [2.24, 2.45) is 35.5 Å². The van der Waals surface area contributed by atoms with Crippen molar-refractivity contribution >= 4 is 27.8 Å². The molecule has 0 amide bonds. The Morgan fingerprint density at radius 1 is 0.750 bits per heavy atom. The Morgan fingerprint density at radius 2 is 1.11 bits per heavy atom. The molecule has 0 spiro atoms. The molecule has 0 heterocycles. The van der Waals surface area contributed by atoms with Gasteiger partial charge in [-0.25, -0.2) is 8.42 Å². The zero-order valence-corrected chi connectivity index (χ0v) is 29.9. The Hall–Kier alpha value is -0.758. The Bertz CT molecular complexity index is 1240. The molecule has 2 N–H and O–H groups in total. The summed E-state index contributed by atoms with van der Waals surface area (Å²) in [5.41, 5.74) is 8.94. The van der Waals surface area contributed by atoms with Crippen LogP contribution in [-0.2, 0) is 29.3 Å². The molecule has 244 valence electrons. The number of nitrogens with two attached hydrogens (primary N) is 1. The van der Waals surface area contributed by atoms with Gasteiger partial charge in [0.15, 0.2) is 0 Å². The molecule has 44 heavy (non-hydrogen) atoms. The molecule has 8 aliphatic carbocycles. The standard InChI is InChI=1S/C24H39P.C12H10N.CH4O3S.Pd/c1-2-3-4-25(23-11-17-5-18(12-23)7-19(6-17)13-23)24-14-20-8-21(15-24)10-22(9-20)16-24;13-12-9-5-4-8-11(12)10-6-2-1-3-7-10;1-5(2,3)4;/h17-22H,2-16H2,1H3;1-6,8-9H,13H2;1H3,(H,2,3,4);/q;;;+1/p-1. The number of para-hydroxylation sites is 1. The molecule has 8 bridgehead atoms. The Morgan fingerprint density at radius 3 is 1.48 bits per heavy atom. The second kappa shape index (κ2) is 13.4. The van der Waals surface area contributed by atoms with Gasteiger partial charge in [0.05, 0.1) is 10.1 Å². The van der Waals surface area contributed by atoms with Gasteiger partial charge >= 0.3 is 94.3 Å². The van der Waals surface area contributed by atoms with Crippen LogP contribution in [0, 0.1) is 35.5 Å². The molecule has 8 aliphatic rings. The van der Waals surface area contributed by atoms with Crippen molar-refractivity contribution in [1.82, 2.24) is 0 Å². The molecule has 0 aromatic heterocycles. The molecule has 2 aromatic carbocycles. The van der Waals surface area contributed by atoms with E-state index in [1.54, 1.807) is 89.6 Å². The van der Waals surface area contributed by atoms with Crippen LogP contribution in [0.1, 0.15) is 96.8 Å². The molecule has 0 saturated heterocycles. The maximum absolute atomic E-state index is 9.08. The van der Waals surface area contributed by atoms with E-state index in [4.69, 9.17) is 18.7 Å². The average molecular weight is 728 g/mol. The number of rotatable bonds is 6. The minimum absolute atomic E-state index is 0.285. The molecule has 0 unspecified atom stereocenters. The molecule has 8 saturated carbocycles. The first-order valence-corrected chi connectivity index (χ1v) is 21.3. The summed E-state index contributed by atoms with van der Waals surface area (Å²) >= 11 is 3.23. The van der Waals surface area contributed by atoms with Crippen LogP contribution < -0.4 is 9.77 Å². The summed E-state index contributed by atoms with van der Waals surface area (Å²) in [6, 6.07) is 16.0. The van der Waals surface area contributed by atoms with Crippen LogP contribution in [0.5, 0.6) is 0 Å². The second-order valence-electron chi connectivity index (χ2n) is 15.5. The SMILES string of the molecule is CCCCP(C12CC3CC(CC(C3)C1)C2)C12CC3CC(CC(C3)C1)C2.CS(=O)(=O)[O-].Nc1ccccc1-c1cccc[c]1[Pd+]. The number of anilines is 1. The zero-order chi connectivity index (χ0) is 31.1. The zero-order valence-electron chi connectivity index (χ0n) is 26.7. The first kappa shape index (κ1) is 33.2. The summed E-state index contributed by atoms with van der Waals surface area (Å²) in [6.07, 6.45) is 25.2. The predicted molar refractivity (Wildman–Crippen MR) is 180 cm³/mol. The van der Waals surface area contributed by atoms with Crippen LogP contribution in [-0.4, -0.2) is 35.7 Å². The van der Waals surface area contributed by atoms with Gasteiger partial charge in [0.25, 0.3) is 0 Å². The van der Waals surface area contributed by atoms with Crippen molar-refractivity contribution in [3.63, 3.8) is 0 Å². The number of hydrogen-bond donors (Lipinski definition) is 1. The molecule has 4 nitrogen and oxygen atoms in total. The Labute approximate surface area is 279 Å². The van der Waals surface area contributed by atoms with Crippen molar-refractivity contribution in [3.05, 3.63) is 48.5 Å². The normalized spacial score (nSPS) is 36.7. The molecule has 0 radical (unpaired) electrons. The van der Waals surface area contributed by atoms with Crippen LogP contribution in [0.15, 0.2) is 48.5 Å². The van der Waals surface area contributed by atoms with Crippen molar-refractivity contribution in [3.8, 4) is 11.1 Å². The fourth-order valence-electron chi connectivity index (χ4n) is 11.5. The third kappa shape index (κ3) is 7.36. The number of nitrogen functional groups attached to an aromatic ring is 1. The third-order valence-electron chi connectivity index (χ3n) is 12.0. The van der Waals surface area contributed by atoms with E-state index >= 15 is 0 Å². The molecular formula is C37H52NO3PPdS. The van der Waals surface area contributed by atoms with E-state index in [1.165, 1.54) is 6.42 Å². The van der Waals surface area contributed by atoms with E-state index in [1.807, 2.05) is 42.5 Å². The molecule has 0 atom stereocenters. The van der Waals surface area contributed by atoms with Gasteiger partial charge in [-0.2, -0.15) is 0 Å². The van der Waals surface area contributed by atoms with Crippen molar-refractivity contribution in [2.75, 3.05) is 18.2 Å². The van der Waals surface area contributed by atoms with Crippen LogP contribution in [0.3, 0.4) is 0 Å². The molecule has 2 aromatic rings. The van der Waals surface area contributed by atoms with Crippen molar-refractivity contribution in [2.45, 2.75) is 107 Å². The Kier molecular flexibility index (Phi) is 10.1. The van der Waals surface area contributed by atoms with Crippen LogP contribution >= 0.6 is 7.92 Å². The molecule has 7 heteroatoms. The Balaban J connectivity index is 0.000000153. The number of hydrogen-bond acceptors (Lipinski definition) is 4. The third-order valence-corrected chi connectivity index (χ3v) is 16.8. The number of benzene rings is 2. The summed E-state index contributed by atoms with van der Waals surface area (Å²) in [5.74, 6) is 6.95. The van der Waals surface area contributed by atoms with Crippen LogP contribution in [0.2, 0.25) is 0 Å². The van der Waals surface area contributed by atoms with Gasteiger partial charge in [-0.05, 0) is 135 Å². The predicted octanol–water partition coefficient (Wildman–Crippen LogP) is 8.48. The summed E-state index contributed by atoms with van der Waals surface area (Å²) in [7, 11) is -3.63. The van der Waals surface area contributed by atoms with Crippen molar-refractivity contribution < 1.29 is 32.2 Å². The van der Waals surface area contributed by atoms with Gasteiger partial charge in [0.1, 0.15) is 0 Å². The molecule has 10 rings (SSSR count). The summed E-state index contributed by atoms with van der Waals surface area (Å²) in [4.78, 5) is 0. The van der Waals surface area contributed by atoms with E-state index in [-0.39, 0.29) is 7.92 Å². The monoisotopic (exact) mass is 727 g/mol. The quantitative estimate of drug-likeness (QED) is 0.140. The number of unbranched alkanes of at least 4 members (excludes halogenated alkanes) is 1.